The molecule has 1 amide bonds. The number of piperazine rings is 1. The van der Waals surface area contributed by atoms with E-state index in [1.165, 1.54) is 16.8 Å². The van der Waals surface area contributed by atoms with Gasteiger partial charge >= 0.3 is 6.09 Å². The van der Waals surface area contributed by atoms with E-state index in [4.69, 9.17) is 4.74 Å². The van der Waals surface area contributed by atoms with Gasteiger partial charge in [0.15, 0.2) is 0 Å². The fourth-order valence-corrected chi connectivity index (χ4v) is 3.55. The third-order valence-corrected chi connectivity index (χ3v) is 5.17. The second-order valence-electron chi connectivity index (χ2n) is 7.17. The molecule has 4 heteroatoms. The van der Waals surface area contributed by atoms with Crippen molar-refractivity contribution in [3.05, 3.63) is 65.7 Å². The number of carbonyl (C=O) groups is 1. The molecular weight excluding hydrogens is 336 g/mol. The molecule has 1 aliphatic heterocycles. The fourth-order valence-electron chi connectivity index (χ4n) is 3.55. The fraction of sp³-hybridized carbons (Fsp3) is 0.435. The van der Waals surface area contributed by atoms with Crippen LogP contribution in [0.15, 0.2) is 54.6 Å². The second-order valence-corrected chi connectivity index (χ2v) is 7.17. The average molecular weight is 367 g/mol. The Morgan fingerprint density at radius 1 is 0.889 bits per heavy atom. The van der Waals surface area contributed by atoms with Crippen molar-refractivity contribution in [1.29, 1.82) is 0 Å². The largest absolute Gasteiger partial charge is 0.449 e. The van der Waals surface area contributed by atoms with Gasteiger partial charge in [-0.25, -0.2) is 4.79 Å². The van der Waals surface area contributed by atoms with Gasteiger partial charge in [-0.05, 0) is 49.8 Å². The SMILES string of the molecule is Cc1ccccc1N1CCN(C(=O)OCCCCCc2ccccc2)CC1. The number of hydrogen-bond donors (Lipinski definition) is 0. The topological polar surface area (TPSA) is 32.8 Å². The predicted molar refractivity (Wildman–Crippen MR) is 110 cm³/mol. The minimum Gasteiger partial charge on any atom is -0.449 e. The quantitative estimate of drug-likeness (QED) is 0.668. The average Bonchev–Trinajstić information content (AvgIpc) is 2.72. The summed E-state index contributed by atoms with van der Waals surface area (Å²) in [6, 6.07) is 18.9. The summed E-state index contributed by atoms with van der Waals surface area (Å²) in [7, 11) is 0. The molecule has 2 aromatic rings. The zero-order chi connectivity index (χ0) is 18.9. The van der Waals surface area contributed by atoms with Gasteiger partial charge in [-0.3, -0.25) is 0 Å². The summed E-state index contributed by atoms with van der Waals surface area (Å²) < 4.78 is 5.47. The molecule has 2 aromatic carbocycles. The van der Waals surface area contributed by atoms with Gasteiger partial charge in [-0.15, -0.1) is 0 Å². The number of benzene rings is 2. The molecule has 0 saturated carbocycles. The number of amides is 1. The Bertz CT molecular complexity index is 709. The van der Waals surface area contributed by atoms with E-state index in [0.717, 1.165) is 51.9 Å². The van der Waals surface area contributed by atoms with Crippen LogP contribution in [-0.4, -0.2) is 43.8 Å². The molecule has 0 spiro atoms. The van der Waals surface area contributed by atoms with E-state index in [2.05, 4.69) is 60.4 Å². The number of rotatable bonds is 7. The van der Waals surface area contributed by atoms with E-state index in [-0.39, 0.29) is 6.09 Å². The lowest BCUT2D eigenvalue weighted by Crippen LogP contribution is -2.49. The van der Waals surface area contributed by atoms with Crippen LogP contribution in [0.4, 0.5) is 10.5 Å². The Labute approximate surface area is 162 Å². The van der Waals surface area contributed by atoms with E-state index in [9.17, 15) is 4.79 Å². The van der Waals surface area contributed by atoms with Crippen molar-refractivity contribution in [2.45, 2.75) is 32.6 Å². The summed E-state index contributed by atoms with van der Waals surface area (Å²) in [6.45, 7) is 5.82. The molecule has 27 heavy (non-hydrogen) atoms. The number of carbonyl (C=O) groups excluding carboxylic acids is 1. The molecular formula is C23H30N2O2. The first kappa shape index (κ1) is 19.3. The van der Waals surface area contributed by atoms with Crippen LogP contribution in [0.1, 0.15) is 30.4 Å². The van der Waals surface area contributed by atoms with Gasteiger partial charge < -0.3 is 14.5 Å². The summed E-state index contributed by atoms with van der Waals surface area (Å²) in [5, 5.41) is 0. The standard InChI is InChI=1S/C23H30N2O2/c1-20-10-7-8-14-22(20)24-15-17-25(18-16-24)23(26)27-19-9-3-6-13-21-11-4-2-5-12-21/h2,4-5,7-8,10-12,14H,3,6,9,13,15-19H2,1H3. The monoisotopic (exact) mass is 366 g/mol. The molecule has 1 aliphatic rings. The van der Waals surface area contributed by atoms with Gasteiger partial charge in [-0.1, -0.05) is 48.5 Å². The predicted octanol–water partition coefficient (Wildman–Crippen LogP) is 4.67. The van der Waals surface area contributed by atoms with Crippen LogP contribution < -0.4 is 4.90 Å². The lowest BCUT2D eigenvalue weighted by atomic mass is 10.1. The summed E-state index contributed by atoms with van der Waals surface area (Å²) in [4.78, 5) is 16.4. The highest BCUT2D eigenvalue weighted by Crippen LogP contribution is 2.21. The Morgan fingerprint density at radius 2 is 1.59 bits per heavy atom. The molecule has 0 atom stereocenters. The highest BCUT2D eigenvalue weighted by Gasteiger charge is 2.22. The number of ether oxygens (including phenoxy) is 1. The van der Waals surface area contributed by atoms with Gasteiger partial charge in [-0.2, -0.15) is 0 Å². The molecule has 4 nitrogen and oxygen atoms in total. The molecule has 0 bridgehead atoms. The zero-order valence-electron chi connectivity index (χ0n) is 16.3. The number of nitrogens with zero attached hydrogens (tertiary/aromatic N) is 2. The number of para-hydroxylation sites is 1. The van der Waals surface area contributed by atoms with Crippen LogP contribution in [0.2, 0.25) is 0 Å². The maximum atomic E-state index is 12.2. The third kappa shape index (κ3) is 5.75. The Hall–Kier alpha value is -2.49. The number of anilines is 1. The number of unbranched alkanes of at least 4 members (excludes halogenated alkanes) is 2. The van der Waals surface area contributed by atoms with Gasteiger partial charge in [0.2, 0.25) is 0 Å². The highest BCUT2D eigenvalue weighted by atomic mass is 16.6. The minimum atomic E-state index is -0.164. The van der Waals surface area contributed by atoms with Gasteiger partial charge in [0, 0.05) is 31.9 Å². The first-order valence-electron chi connectivity index (χ1n) is 10.0. The maximum absolute atomic E-state index is 12.2. The second kappa shape index (κ2) is 10.0. The Morgan fingerprint density at radius 3 is 2.33 bits per heavy atom. The Kier molecular flexibility index (Phi) is 7.14. The zero-order valence-corrected chi connectivity index (χ0v) is 16.3. The molecule has 0 aromatic heterocycles. The van der Waals surface area contributed by atoms with Crippen LogP contribution in [0.25, 0.3) is 0 Å². The lowest BCUT2D eigenvalue weighted by Gasteiger charge is -2.36. The van der Waals surface area contributed by atoms with Crippen molar-refractivity contribution < 1.29 is 9.53 Å². The van der Waals surface area contributed by atoms with E-state index in [1.54, 1.807) is 0 Å². The molecule has 1 fully saturated rings. The van der Waals surface area contributed by atoms with E-state index in [0.29, 0.717) is 6.61 Å². The summed E-state index contributed by atoms with van der Waals surface area (Å²) in [6.07, 6.45) is 4.08. The van der Waals surface area contributed by atoms with Crippen molar-refractivity contribution in [2.75, 3.05) is 37.7 Å². The Balaban J connectivity index is 1.30. The van der Waals surface area contributed by atoms with E-state index in [1.807, 2.05) is 11.0 Å². The highest BCUT2D eigenvalue weighted by molar-refractivity contribution is 5.68. The van der Waals surface area contributed by atoms with Crippen molar-refractivity contribution in [3.63, 3.8) is 0 Å². The van der Waals surface area contributed by atoms with Crippen LogP contribution in [0.3, 0.4) is 0 Å². The van der Waals surface area contributed by atoms with Gasteiger partial charge in [0.05, 0.1) is 6.61 Å². The molecule has 3 rings (SSSR count). The molecule has 0 radical (unpaired) electrons. The first-order chi connectivity index (χ1) is 13.2. The van der Waals surface area contributed by atoms with Crippen LogP contribution in [-0.2, 0) is 11.2 Å². The number of aryl methyl sites for hydroxylation is 2. The molecule has 1 heterocycles. The lowest BCUT2D eigenvalue weighted by molar-refractivity contribution is 0.0985. The molecule has 0 unspecified atom stereocenters. The van der Waals surface area contributed by atoms with Gasteiger partial charge in [0.25, 0.3) is 0 Å². The van der Waals surface area contributed by atoms with Crippen molar-refractivity contribution in [1.82, 2.24) is 4.90 Å². The van der Waals surface area contributed by atoms with Crippen LogP contribution in [0, 0.1) is 6.92 Å². The summed E-state index contributed by atoms with van der Waals surface area (Å²) in [5.74, 6) is 0. The molecule has 0 aliphatic carbocycles. The summed E-state index contributed by atoms with van der Waals surface area (Å²) >= 11 is 0. The molecule has 1 saturated heterocycles. The number of hydrogen-bond acceptors (Lipinski definition) is 3. The van der Waals surface area contributed by atoms with Crippen molar-refractivity contribution in [2.24, 2.45) is 0 Å². The minimum absolute atomic E-state index is 0.164. The van der Waals surface area contributed by atoms with Crippen molar-refractivity contribution in [3.8, 4) is 0 Å². The normalized spacial score (nSPS) is 14.3. The van der Waals surface area contributed by atoms with E-state index < -0.39 is 0 Å². The van der Waals surface area contributed by atoms with Crippen LogP contribution in [0.5, 0.6) is 0 Å². The molecule has 144 valence electrons. The maximum Gasteiger partial charge on any atom is 0.409 e. The molecule has 0 N–H and O–H groups in total. The first-order valence-corrected chi connectivity index (χ1v) is 10.0. The summed E-state index contributed by atoms with van der Waals surface area (Å²) in [5.41, 5.74) is 3.92. The smallest absolute Gasteiger partial charge is 0.409 e. The van der Waals surface area contributed by atoms with Crippen LogP contribution >= 0.6 is 0 Å². The van der Waals surface area contributed by atoms with Crippen molar-refractivity contribution >= 4 is 11.8 Å². The van der Waals surface area contributed by atoms with Gasteiger partial charge in [0.1, 0.15) is 0 Å². The van der Waals surface area contributed by atoms with E-state index >= 15 is 0 Å². The third-order valence-electron chi connectivity index (χ3n) is 5.17.